The van der Waals surface area contributed by atoms with Crippen molar-refractivity contribution in [1.82, 2.24) is 0 Å². The molecular weight excluding hydrogens is 256 g/mol. The largest absolute Gasteiger partial charge is 0.386 e. The van der Waals surface area contributed by atoms with Gasteiger partial charge in [-0.2, -0.15) is 0 Å². The molecule has 2 saturated carbocycles. The van der Waals surface area contributed by atoms with E-state index in [0.717, 1.165) is 30.6 Å². The van der Waals surface area contributed by atoms with E-state index in [0.29, 0.717) is 11.3 Å². The maximum absolute atomic E-state index is 10.3. The Kier molecular flexibility index (Phi) is 4.73. The number of fused-ring (bicyclic) bond motifs is 1. The lowest BCUT2D eigenvalue weighted by atomic mass is 9.51. The summed E-state index contributed by atoms with van der Waals surface area (Å²) < 4.78 is 0. The van der Waals surface area contributed by atoms with Gasteiger partial charge in [-0.1, -0.05) is 39.0 Å². The third-order valence-corrected chi connectivity index (χ3v) is 6.54. The van der Waals surface area contributed by atoms with Crippen LogP contribution >= 0.6 is 0 Å². The Bertz CT molecular complexity index is 404. The lowest BCUT2D eigenvalue weighted by molar-refractivity contribution is -0.0191. The first kappa shape index (κ1) is 16.8. The van der Waals surface area contributed by atoms with E-state index >= 15 is 0 Å². The maximum atomic E-state index is 10.3. The van der Waals surface area contributed by atoms with E-state index in [4.69, 9.17) is 0 Å². The van der Waals surface area contributed by atoms with Gasteiger partial charge in [0.05, 0.1) is 5.60 Å². The molecule has 21 heavy (non-hydrogen) atoms. The van der Waals surface area contributed by atoms with Crippen LogP contribution in [-0.2, 0) is 0 Å². The summed E-state index contributed by atoms with van der Waals surface area (Å²) in [7, 11) is 0. The Morgan fingerprint density at radius 2 is 2.05 bits per heavy atom. The summed E-state index contributed by atoms with van der Waals surface area (Å²) in [5.74, 6) is 2.96. The van der Waals surface area contributed by atoms with Crippen LogP contribution in [-0.4, -0.2) is 10.7 Å². The topological polar surface area (TPSA) is 20.2 Å². The molecule has 0 bridgehead atoms. The first-order valence-electron chi connectivity index (χ1n) is 8.71. The smallest absolute Gasteiger partial charge is 0.0797 e. The second kappa shape index (κ2) is 5.91. The highest BCUT2D eigenvalue weighted by Crippen LogP contribution is 2.56. The standard InChI is InChI=1S/C20H34O/c1-7-20(6,21)13-11-16-14(2)8-9-17-18(16)15(3)10-12-19(17,4)5/h7,15-18,21H,1-2,8-13H2,3-6H3/t15?,16-,17+,18-,20?/m1/s1. The minimum absolute atomic E-state index is 0.469. The van der Waals surface area contributed by atoms with E-state index in [1.165, 1.54) is 31.3 Å². The van der Waals surface area contributed by atoms with Gasteiger partial charge in [0.1, 0.15) is 0 Å². The molecule has 2 fully saturated rings. The molecule has 2 aliphatic carbocycles. The van der Waals surface area contributed by atoms with Crippen molar-refractivity contribution in [3.05, 3.63) is 24.8 Å². The van der Waals surface area contributed by atoms with Crippen LogP contribution in [0.5, 0.6) is 0 Å². The molecule has 0 radical (unpaired) electrons. The van der Waals surface area contributed by atoms with Crippen molar-refractivity contribution in [3.63, 3.8) is 0 Å². The van der Waals surface area contributed by atoms with Crippen LogP contribution in [0.25, 0.3) is 0 Å². The molecule has 0 aromatic rings. The monoisotopic (exact) mass is 290 g/mol. The molecule has 0 heterocycles. The minimum atomic E-state index is -0.735. The van der Waals surface area contributed by atoms with Crippen molar-refractivity contribution >= 4 is 0 Å². The summed E-state index contributed by atoms with van der Waals surface area (Å²) in [5.41, 5.74) is 1.17. The lowest BCUT2D eigenvalue weighted by Gasteiger charge is -2.54. The third kappa shape index (κ3) is 3.44. The normalized spacial score (nSPS) is 38.4. The molecule has 0 saturated heterocycles. The number of hydrogen-bond donors (Lipinski definition) is 1. The molecular formula is C20H34O. The van der Waals surface area contributed by atoms with Crippen molar-refractivity contribution < 1.29 is 5.11 Å². The van der Waals surface area contributed by atoms with E-state index in [1.807, 2.05) is 6.92 Å². The van der Waals surface area contributed by atoms with Crippen molar-refractivity contribution in [1.29, 1.82) is 0 Å². The molecule has 2 unspecified atom stereocenters. The van der Waals surface area contributed by atoms with Gasteiger partial charge in [-0.25, -0.2) is 0 Å². The first-order chi connectivity index (χ1) is 9.68. The van der Waals surface area contributed by atoms with Crippen LogP contribution in [0.3, 0.4) is 0 Å². The van der Waals surface area contributed by atoms with Crippen LogP contribution in [0.4, 0.5) is 0 Å². The molecule has 2 rings (SSSR count). The van der Waals surface area contributed by atoms with Crippen molar-refractivity contribution in [3.8, 4) is 0 Å². The van der Waals surface area contributed by atoms with Crippen molar-refractivity contribution in [2.24, 2.45) is 29.1 Å². The predicted octanol–water partition coefficient (Wildman–Crippen LogP) is 5.36. The quantitative estimate of drug-likeness (QED) is 0.691. The van der Waals surface area contributed by atoms with Gasteiger partial charge in [-0.15, -0.1) is 6.58 Å². The van der Waals surface area contributed by atoms with E-state index in [2.05, 4.69) is 33.9 Å². The highest BCUT2D eigenvalue weighted by atomic mass is 16.3. The summed E-state index contributed by atoms with van der Waals surface area (Å²) in [5, 5.41) is 10.3. The van der Waals surface area contributed by atoms with Crippen molar-refractivity contribution in [2.45, 2.75) is 71.8 Å². The highest BCUT2D eigenvalue weighted by molar-refractivity contribution is 5.12. The van der Waals surface area contributed by atoms with Crippen LogP contribution in [0, 0.1) is 29.1 Å². The molecule has 1 nitrogen and oxygen atoms in total. The van der Waals surface area contributed by atoms with Crippen LogP contribution in [0.15, 0.2) is 24.8 Å². The number of rotatable bonds is 4. The highest BCUT2D eigenvalue weighted by Gasteiger charge is 2.47. The average molecular weight is 290 g/mol. The summed E-state index contributed by atoms with van der Waals surface area (Å²) in [4.78, 5) is 0. The number of hydrogen-bond acceptors (Lipinski definition) is 1. The Morgan fingerprint density at radius 1 is 1.38 bits per heavy atom. The molecule has 2 aliphatic rings. The SMILES string of the molecule is C=CC(C)(O)CC[C@@H]1C(=C)CC[C@H]2[C@@H]1C(C)CCC2(C)C. The summed E-state index contributed by atoms with van der Waals surface area (Å²) in [6, 6.07) is 0. The Labute approximate surface area is 131 Å². The molecule has 0 amide bonds. The van der Waals surface area contributed by atoms with Crippen LogP contribution in [0.1, 0.15) is 66.2 Å². The molecule has 0 aliphatic heterocycles. The van der Waals surface area contributed by atoms with Gasteiger partial charge in [-0.3, -0.25) is 0 Å². The molecule has 1 N–H and O–H groups in total. The van der Waals surface area contributed by atoms with Gasteiger partial charge >= 0.3 is 0 Å². The molecule has 0 aromatic heterocycles. The number of allylic oxidation sites excluding steroid dienone is 1. The van der Waals surface area contributed by atoms with Gasteiger partial charge in [-0.05, 0) is 74.5 Å². The lowest BCUT2D eigenvalue weighted by Crippen LogP contribution is -2.45. The molecule has 120 valence electrons. The summed E-state index contributed by atoms with van der Waals surface area (Å²) in [6.45, 7) is 17.4. The fourth-order valence-electron chi connectivity index (χ4n) is 4.90. The number of aliphatic hydroxyl groups is 1. The van der Waals surface area contributed by atoms with E-state index in [1.54, 1.807) is 6.08 Å². The maximum Gasteiger partial charge on any atom is 0.0797 e. The Morgan fingerprint density at radius 3 is 2.67 bits per heavy atom. The fourth-order valence-corrected chi connectivity index (χ4v) is 4.90. The molecule has 0 spiro atoms. The third-order valence-electron chi connectivity index (χ3n) is 6.54. The average Bonchev–Trinajstić information content (AvgIpc) is 2.42. The van der Waals surface area contributed by atoms with Crippen molar-refractivity contribution in [2.75, 3.05) is 0 Å². The second-order valence-electron chi connectivity index (χ2n) is 8.59. The van der Waals surface area contributed by atoms with Crippen LogP contribution < -0.4 is 0 Å². The van der Waals surface area contributed by atoms with Gasteiger partial charge in [0, 0.05) is 0 Å². The summed E-state index contributed by atoms with van der Waals surface area (Å²) in [6.07, 6.45) is 8.74. The van der Waals surface area contributed by atoms with Gasteiger partial charge < -0.3 is 5.11 Å². The molecule has 5 atom stereocenters. The van der Waals surface area contributed by atoms with E-state index in [9.17, 15) is 5.11 Å². The van der Waals surface area contributed by atoms with Gasteiger partial charge in [0.25, 0.3) is 0 Å². The minimum Gasteiger partial charge on any atom is -0.386 e. The van der Waals surface area contributed by atoms with Gasteiger partial charge in [0.2, 0.25) is 0 Å². The fraction of sp³-hybridized carbons (Fsp3) is 0.800. The zero-order valence-corrected chi connectivity index (χ0v) is 14.5. The predicted molar refractivity (Wildman–Crippen MR) is 91.1 cm³/mol. The zero-order valence-electron chi connectivity index (χ0n) is 14.5. The molecule has 1 heteroatoms. The molecule has 0 aromatic carbocycles. The summed E-state index contributed by atoms with van der Waals surface area (Å²) >= 11 is 0. The van der Waals surface area contributed by atoms with E-state index < -0.39 is 5.60 Å². The van der Waals surface area contributed by atoms with Gasteiger partial charge in [0.15, 0.2) is 0 Å². The Hall–Kier alpha value is -0.560. The second-order valence-corrected chi connectivity index (χ2v) is 8.59. The first-order valence-corrected chi connectivity index (χ1v) is 8.71. The zero-order chi connectivity index (χ0) is 15.8. The van der Waals surface area contributed by atoms with Crippen LogP contribution in [0.2, 0.25) is 0 Å². The Balaban J connectivity index is 2.17. The van der Waals surface area contributed by atoms with E-state index in [-0.39, 0.29) is 0 Å².